The predicted octanol–water partition coefficient (Wildman–Crippen LogP) is 2.33. The lowest BCUT2D eigenvalue weighted by atomic mass is 9.64. The first-order valence-corrected chi connectivity index (χ1v) is 10.0. The highest BCUT2D eigenvalue weighted by Gasteiger charge is 2.38. The van der Waals surface area contributed by atoms with Gasteiger partial charge in [0.05, 0.1) is 5.75 Å². The van der Waals surface area contributed by atoms with Crippen LogP contribution in [0.15, 0.2) is 35.3 Å². The van der Waals surface area contributed by atoms with E-state index in [2.05, 4.69) is 39.9 Å². The van der Waals surface area contributed by atoms with Crippen molar-refractivity contribution in [1.82, 2.24) is 10.6 Å². The van der Waals surface area contributed by atoms with E-state index in [1.165, 1.54) is 24.8 Å². The Morgan fingerprint density at radius 2 is 1.88 bits per heavy atom. The monoisotopic (exact) mass is 465 g/mol. The van der Waals surface area contributed by atoms with Crippen molar-refractivity contribution in [2.45, 2.75) is 31.6 Å². The number of benzene rings is 1. The minimum atomic E-state index is -2.95. The van der Waals surface area contributed by atoms with Crippen LogP contribution in [-0.4, -0.2) is 46.0 Å². The Morgan fingerprint density at radius 3 is 2.38 bits per heavy atom. The summed E-state index contributed by atoms with van der Waals surface area (Å²) in [5.41, 5.74) is 1.54. The summed E-state index contributed by atoms with van der Waals surface area (Å²) in [6, 6.07) is 10.6. The quantitative estimate of drug-likeness (QED) is 0.369. The predicted molar refractivity (Wildman–Crippen MR) is 111 cm³/mol. The summed E-state index contributed by atoms with van der Waals surface area (Å²) < 4.78 is 23.1. The molecule has 0 radical (unpaired) electrons. The van der Waals surface area contributed by atoms with Crippen LogP contribution in [0.5, 0.6) is 0 Å². The van der Waals surface area contributed by atoms with Crippen molar-refractivity contribution in [1.29, 1.82) is 0 Å². The molecule has 1 fully saturated rings. The molecule has 0 amide bonds. The molecule has 2 rings (SSSR count). The highest BCUT2D eigenvalue weighted by molar-refractivity contribution is 14.0. The lowest BCUT2D eigenvalue weighted by Crippen LogP contribution is -2.49. The van der Waals surface area contributed by atoms with Gasteiger partial charge in [0, 0.05) is 31.3 Å². The zero-order chi connectivity index (χ0) is 16.8. The average Bonchev–Trinajstić information content (AvgIpc) is 2.53. The fourth-order valence-corrected chi connectivity index (χ4v) is 3.61. The highest BCUT2D eigenvalue weighted by Crippen LogP contribution is 2.43. The fourth-order valence-electron chi connectivity index (χ4n) is 2.91. The van der Waals surface area contributed by atoms with Crippen molar-refractivity contribution in [2.75, 3.05) is 31.6 Å². The van der Waals surface area contributed by atoms with E-state index >= 15 is 0 Å². The summed E-state index contributed by atoms with van der Waals surface area (Å²) in [6.45, 7) is 2.87. The van der Waals surface area contributed by atoms with Gasteiger partial charge < -0.3 is 10.6 Å². The van der Waals surface area contributed by atoms with Gasteiger partial charge in [-0.25, -0.2) is 8.42 Å². The third kappa shape index (κ3) is 5.61. The van der Waals surface area contributed by atoms with Gasteiger partial charge in [0.15, 0.2) is 15.8 Å². The van der Waals surface area contributed by atoms with E-state index in [1.807, 2.05) is 6.07 Å². The molecule has 0 spiro atoms. The number of nitrogens with one attached hydrogen (secondary N) is 2. The number of nitrogens with zero attached hydrogens (tertiary/aromatic N) is 1. The molecule has 1 saturated carbocycles. The smallest absolute Gasteiger partial charge is 0.191 e. The van der Waals surface area contributed by atoms with E-state index in [0.29, 0.717) is 12.5 Å². The largest absolute Gasteiger partial charge is 0.356 e. The van der Waals surface area contributed by atoms with Gasteiger partial charge in [-0.05, 0) is 18.4 Å². The van der Waals surface area contributed by atoms with Gasteiger partial charge in [-0.1, -0.05) is 43.7 Å². The molecule has 0 saturated heterocycles. The highest BCUT2D eigenvalue weighted by atomic mass is 127. The number of guanidine groups is 1. The van der Waals surface area contributed by atoms with Crippen molar-refractivity contribution >= 4 is 39.8 Å². The Balaban J connectivity index is 0.00000288. The summed E-state index contributed by atoms with van der Waals surface area (Å²) in [7, 11) is -1.24. The third-order valence-electron chi connectivity index (χ3n) is 4.66. The minimum Gasteiger partial charge on any atom is -0.356 e. The molecule has 1 aliphatic carbocycles. The SMILES string of the molecule is CCS(=O)(=O)CCNC(=NC)NCC1(c2ccccc2)CCC1.I. The minimum absolute atomic E-state index is 0. The average molecular weight is 465 g/mol. The molecular weight excluding hydrogens is 437 g/mol. The van der Waals surface area contributed by atoms with Crippen molar-refractivity contribution < 1.29 is 8.42 Å². The van der Waals surface area contributed by atoms with Gasteiger partial charge in [0.25, 0.3) is 0 Å². The van der Waals surface area contributed by atoms with Crippen LogP contribution in [0.1, 0.15) is 31.7 Å². The van der Waals surface area contributed by atoms with Crippen molar-refractivity contribution in [2.24, 2.45) is 4.99 Å². The topological polar surface area (TPSA) is 70.6 Å². The van der Waals surface area contributed by atoms with E-state index in [9.17, 15) is 8.42 Å². The van der Waals surface area contributed by atoms with Gasteiger partial charge in [0.1, 0.15) is 0 Å². The first kappa shape index (κ1) is 21.2. The molecule has 0 aromatic heterocycles. The van der Waals surface area contributed by atoms with E-state index in [0.717, 1.165) is 6.54 Å². The zero-order valence-corrected chi connectivity index (χ0v) is 17.6. The Morgan fingerprint density at radius 1 is 1.21 bits per heavy atom. The molecular formula is C17H28IN3O2S. The first-order chi connectivity index (χ1) is 11.0. The number of aliphatic imine (C=N–C) groups is 1. The van der Waals surface area contributed by atoms with Gasteiger partial charge in [0.2, 0.25) is 0 Å². The summed E-state index contributed by atoms with van der Waals surface area (Å²) in [4.78, 5) is 4.19. The van der Waals surface area contributed by atoms with Crippen LogP contribution in [-0.2, 0) is 15.3 Å². The Labute approximate surface area is 162 Å². The van der Waals surface area contributed by atoms with Crippen LogP contribution in [0.2, 0.25) is 0 Å². The molecule has 1 aromatic rings. The Kier molecular flexibility index (Phi) is 8.49. The normalized spacial score (nSPS) is 16.7. The summed E-state index contributed by atoms with van der Waals surface area (Å²) in [6.07, 6.45) is 3.59. The number of hydrogen-bond acceptors (Lipinski definition) is 3. The van der Waals surface area contributed by atoms with Crippen LogP contribution in [0.25, 0.3) is 0 Å². The van der Waals surface area contributed by atoms with Crippen LogP contribution >= 0.6 is 24.0 Å². The van der Waals surface area contributed by atoms with Gasteiger partial charge >= 0.3 is 0 Å². The molecule has 0 unspecified atom stereocenters. The second kappa shape index (κ2) is 9.60. The molecule has 1 aromatic carbocycles. The summed E-state index contributed by atoms with van der Waals surface area (Å²) in [5, 5.41) is 6.45. The van der Waals surface area contributed by atoms with Crippen molar-refractivity contribution in [3.63, 3.8) is 0 Å². The van der Waals surface area contributed by atoms with E-state index in [1.54, 1.807) is 14.0 Å². The van der Waals surface area contributed by atoms with Gasteiger partial charge in [-0.2, -0.15) is 0 Å². The Bertz CT molecular complexity index is 628. The number of halogens is 1. The molecule has 7 heteroatoms. The van der Waals surface area contributed by atoms with E-state index < -0.39 is 9.84 Å². The maximum absolute atomic E-state index is 11.5. The molecule has 0 aliphatic heterocycles. The van der Waals surface area contributed by atoms with Crippen LogP contribution in [0.4, 0.5) is 0 Å². The second-order valence-corrected chi connectivity index (χ2v) is 8.56. The lowest BCUT2D eigenvalue weighted by Gasteiger charge is -2.43. The molecule has 136 valence electrons. The number of sulfone groups is 1. The Hall–Kier alpha value is -0.830. The molecule has 1 aliphatic rings. The van der Waals surface area contributed by atoms with E-state index in [4.69, 9.17) is 0 Å². The maximum Gasteiger partial charge on any atom is 0.191 e. The molecule has 0 heterocycles. The number of hydrogen-bond donors (Lipinski definition) is 2. The summed E-state index contributed by atoms with van der Waals surface area (Å²) in [5.74, 6) is 0.977. The lowest BCUT2D eigenvalue weighted by molar-refractivity contribution is 0.244. The van der Waals surface area contributed by atoms with Crippen molar-refractivity contribution in [3.05, 3.63) is 35.9 Å². The maximum atomic E-state index is 11.5. The molecule has 0 atom stereocenters. The molecule has 5 nitrogen and oxygen atoms in total. The molecule has 24 heavy (non-hydrogen) atoms. The second-order valence-electron chi connectivity index (χ2n) is 6.09. The summed E-state index contributed by atoms with van der Waals surface area (Å²) >= 11 is 0. The standard InChI is InChI=1S/C17H27N3O2S.HI/c1-3-23(21,22)13-12-19-16(18-2)20-14-17(10-7-11-17)15-8-5-4-6-9-15;/h4-6,8-9H,3,7,10-14H2,1-2H3,(H2,18,19,20);1H. The first-order valence-electron chi connectivity index (χ1n) is 8.22. The number of rotatable bonds is 7. The van der Waals surface area contributed by atoms with Crippen LogP contribution in [0, 0.1) is 0 Å². The zero-order valence-electron chi connectivity index (χ0n) is 14.4. The van der Waals surface area contributed by atoms with Crippen LogP contribution in [0.3, 0.4) is 0 Å². The molecule has 0 bridgehead atoms. The van der Waals surface area contributed by atoms with Gasteiger partial charge in [-0.15, -0.1) is 24.0 Å². The third-order valence-corrected chi connectivity index (χ3v) is 6.37. The fraction of sp³-hybridized carbons (Fsp3) is 0.588. The van der Waals surface area contributed by atoms with Crippen LogP contribution < -0.4 is 10.6 Å². The van der Waals surface area contributed by atoms with E-state index in [-0.39, 0.29) is 40.9 Å². The van der Waals surface area contributed by atoms with Gasteiger partial charge in [-0.3, -0.25) is 4.99 Å². The molecule has 2 N–H and O–H groups in total. The van der Waals surface area contributed by atoms with Crippen molar-refractivity contribution in [3.8, 4) is 0 Å².